The number of nitrogens with zero attached hydrogens (tertiary/aromatic N) is 1. The van der Waals surface area contributed by atoms with Gasteiger partial charge >= 0.3 is 0 Å². The Morgan fingerprint density at radius 3 is 2.52 bits per heavy atom. The Balaban J connectivity index is 1.43. The van der Waals surface area contributed by atoms with E-state index in [1.165, 1.54) is 0 Å². The van der Waals surface area contributed by atoms with Crippen LogP contribution in [0.2, 0.25) is 0 Å². The topological polar surface area (TPSA) is 61.4 Å². The van der Waals surface area contributed by atoms with Gasteiger partial charge in [0.2, 0.25) is 5.91 Å². The minimum Gasteiger partial charge on any atom is -0.355 e. The third kappa shape index (κ3) is 5.58. The van der Waals surface area contributed by atoms with Crippen molar-refractivity contribution in [3.63, 3.8) is 0 Å². The van der Waals surface area contributed by atoms with E-state index in [1.54, 1.807) is 6.26 Å². The van der Waals surface area contributed by atoms with E-state index in [1.807, 2.05) is 36.4 Å². The van der Waals surface area contributed by atoms with Gasteiger partial charge in [-0.3, -0.25) is 13.9 Å². The molecule has 5 nitrogen and oxygen atoms in total. The molecule has 0 spiro atoms. The predicted molar refractivity (Wildman–Crippen MR) is 128 cm³/mol. The Labute approximate surface area is 186 Å². The smallest absolute Gasteiger partial charge is 0.224 e. The van der Waals surface area contributed by atoms with Crippen molar-refractivity contribution in [3.05, 3.63) is 71.3 Å². The maximum atomic E-state index is 12.6. The summed E-state index contributed by atoms with van der Waals surface area (Å²) in [6.45, 7) is 5.70. The number of nitrogens with one attached hydrogen (secondary N) is 2. The number of carbonyl (C=O) groups is 1. The Morgan fingerprint density at radius 2 is 1.81 bits per heavy atom. The van der Waals surface area contributed by atoms with Crippen LogP contribution in [0.5, 0.6) is 0 Å². The first kappa shape index (κ1) is 21.7. The zero-order valence-electron chi connectivity index (χ0n) is 17.9. The van der Waals surface area contributed by atoms with Crippen molar-refractivity contribution in [3.8, 4) is 0 Å². The second-order valence-corrected chi connectivity index (χ2v) is 9.34. The third-order valence-electron chi connectivity index (χ3n) is 5.76. The minimum absolute atomic E-state index is 0.0622. The minimum atomic E-state index is -0.978. The third-order valence-corrected chi connectivity index (χ3v) is 6.69. The van der Waals surface area contributed by atoms with Gasteiger partial charge in [0.1, 0.15) is 0 Å². The zero-order chi connectivity index (χ0) is 21.6. The molecule has 0 saturated carbocycles. The molecular weight excluding hydrogens is 406 g/mol. The second-order valence-electron chi connectivity index (χ2n) is 7.96. The Morgan fingerprint density at radius 1 is 1.10 bits per heavy atom. The van der Waals surface area contributed by atoms with Crippen LogP contribution in [0.15, 0.2) is 59.5 Å². The first-order valence-electron chi connectivity index (χ1n) is 10.8. The van der Waals surface area contributed by atoms with E-state index < -0.39 is 10.8 Å². The highest BCUT2D eigenvalue weighted by atomic mass is 32.2. The second kappa shape index (κ2) is 10.2. The summed E-state index contributed by atoms with van der Waals surface area (Å²) < 4.78 is 11.6. The molecule has 2 aliphatic rings. The highest BCUT2D eigenvalue weighted by molar-refractivity contribution is 7.84. The standard InChI is InChI=1S/C25H29N3O2S/c1-31(30)22-8-6-19(7-9-22)16-20-17-21(24-5-3-2-4-23(20)24)18-25(29)27-12-15-28-13-10-26-11-14-28/h2-9,16-17,26H,10-15,18H2,1H3,(H,27,29). The molecule has 1 aliphatic carbocycles. The molecule has 2 aromatic rings. The van der Waals surface area contributed by atoms with Crippen molar-refractivity contribution in [1.82, 2.24) is 15.5 Å². The molecule has 0 aromatic heterocycles. The molecule has 1 saturated heterocycles. The quantitative estimate of drug-likeness (QED) is 0.702. The zero-order valence-corrected chi connectivity index (χ0v) is 18.7. The average molecular weight is 436 g/mol. The number of rotatable bonds is 7. The number of carbonyl (C=O) groups excluding carboxylic acids is 1. The molecule has 4 rings (SSSR count). The molecule has 2 N–H and O–H groups in total. The lowest BCUT2D eigenvalue weighted by molar-refractivity contribution is -0.120. The van der Waals surface area contributed by atoms with Crippen LogP contribution in [-0.4, -0.2) is 60.5 Å². The van der Waals surface area contributed by atoms with Crippen molar-refractivity contribution in [2.24, 2.45) is 0 Å². The van der Waals surface area contributed by atoms with E-state index in [-0.39, 0.29) is 5.91 Å². The fourth-order valence-corrected chi connectivity index (χ4v) is 4.60. The van der Waals surface area contributed by atoms with Gasteiger partial charge in [-0.2, -0.15) is 0 Å². The van der Waals surface area contributed by atoms with Gasteiger partial charge < -0.3 is 10.6 Å². The fourth-order valence-electron chi connectivity index (χ4n) is 4.08. The fraction of sp³-hybridized carbons (Fsp3) is 0.320. The van der Waals surface area contributed by atoms with E-state index in [0.717, 1.165) is 65.5 Å². The molecule has 1 heterocycles. The summed E-state index contributed by atoms with van der Waals surface area (Å²) in [5, 5.41) is 6.42. The lowest BCUT2D eigenvalue weighted by atomic mass is 10.0. The average Bonchev–Trinajstić information content (AvgIpc) is 3.12. The van der Waals surface area contributed by atoms with Gasteiger partial charge in [0, 0.05) is 61.2 Å². The van der Waals surface area contributed by atoms with E-state index in [9.17, 15) is 9.00 Å². The van der Waals surface area contributed by atoms with Gasteiger partial charge in [-0.05, 0) is 52.1 Å². The van der Waals surface area contributed by atoms with E-state index >= 15 is 0 Å². The Hall–Kier alpha value is -2.54. The molecule has 1 aliphatic heterocycles. The summed E-state index contributed by atoms with van der Waals surface area (Å²) in [6.07, 6.45) is 6.30. The lowest BCUT2D eigenvalue weighted by Gasteiger charge is -2.27. The molecule has 2 aromatic carbocycles. The lowest BCUT2D eigenvalue weighted by Crippen LogP contribution is -2.46. The molecule has 31 heavy (non-hydrogen) atoms. The van der Waals surface area contributed by atoms with Crippen molar-refractivity contribution in [1.29, 1.82) is 0 Å². The van der Waals surface area contributed by atoms with Crippen LogP contribution < -0.4 is 10.6 Å². The summed E-state index contributed by atoms with van der Waals surface area (Å²) >= 11 is 0. The van der Waals surface area contributed by atoms with E-state index in [2.05, 4.69) is 39.8 Å². The molecule has 1 fully saturated rings. The summed E-state index contributed by atoms with van der Waals surface area (Å²) in [4.78, 5) is 15.8. The molecule has 1 unspecified atom stereocenters. The number of benzene rings is 2. The van der Waals surface area contributed by atoms with Crippen LogP contribution in [-0.2, 0) is 15.6 Å². The van der Waals surface area contributed by atoms with Crippen LogP contribution in [0.25, 0.3) is 17.2 Å². The summed E-state index contributed by atoms with van der Waals surface area (Å²) in [7, 11) is -0.978. The maximum Gasteiger partial charge on any atom is 0.224 e. The van der Waals surface area contributed by atoms with Crippen LogP contribution in [0.3, 0.4) is 0 Å². The van der Waals surface area contributed by atoms with Crippen LogP contribution >= 0.6 is 0 Å². The van der Waals surface area contributed by atoms with Crippen molar-refractivity contribution >= 4 is 33.9 Å². The number of piperazine rings is 1. The van der Waals surface area contributed by atoms with Gasteiger partial charge in [-0.1, -0.05) is 36.4 Å². The Bertz CT molecular complexity index is 1020. The van der Waals surface area contributed by atoms with Gasteiger partial charge in [-0.15, -0.1) is 0 Å². The number of allylic oxidation sites excluding steroid dienone is 2. The number of hydrogen-bond acceptors (Lipinski definition) is 4. The monoisotopic (exact) mass is 435 g/mol. The van der Waals surface area contributed by atoms with Gasteiger partial charge in [0.15, 0.2) is 0 Å². The molecular formula is C25H29N3O2S. The van der Waals surface area contributed by atoms with Crippen LogP contribution in [0, 0.1) is 0 Å². The largest absolute Gasteiger partial charge is 0.355 e. The maximum absolute atomic E-state index is 12.6. The highest BCUT2D eigenvalue weighted by Crippen LogP contribution is 2.37. The van der Waals surface area contributed by atoms with Gasteiger partial charge in [0.05, 0.1) is 6.42 Å². The SMILES string of the molecule is CS(=O)c1ccc(C=C2C=C(CC(=O)NCCN3CCNCC3)c3ccccc32)cc1. The summed E-state index contributed by atoms with van der Waals surface area (Å²) in [5.41, 5.74) is 5.47. The molecule has 0 bridgehead atoms. The predicted octanol–water partition coefficient (Wildman–Crippen LogP) is 2.77. The van der Waals surface area contributed by atoms with Crippen molar-refractivity contribution in [2.45, 2.75) is 11.3 Å². The van der Waals surface area contributed by atoms with E-state index in [4.69, 9.17) is 0 Å². The molecule has 162 valence electrons. The first-order valence-corrected chi connectivity index (χ1v) is 12.3. The molecule has 1 atom stereocenters. The normalized spacial score (nSPS) is 18.5. The Kier molecular flexibility index (Phi) is 7.12. The van der Waals surface area contributed by atoms with Crippen molar-refractivity contribution in [2.75, 3.05) is 45.5 Å². The summed E-state index contributed by atoms with van der Waals surface area (Å²) in [5.74, 6) is 0.0622. The number of amides is 1. The summed E-state index contributed by atoms with van der Waals surface area (Å²) in [6, 6.07) is 16.0. The van der Waals surface area contributed by atoms with Gasteiger partial charge in [-0.25, -0.2) is 0 Å². The van der Waals surface area contributed by atoms with Crippen LogP contribution in [0.4, 0.5) is 0 Å². The number of hydrogen-bond donors (Lipinski definition) is 2. The van der Waals surface area contributed by atoms with Gasteiger partial charge in [0.25, 0.3) is 0 Å². The van der Waals surface area contributed by atoms with Crippen molar-refractivity contribution < 1.29 is 9.00 Å². The molecule has 6 heteroatoms. The molecule has 1 amide bonds. The number of fused-ring (bicyclic) bond motifs is 1. The molecule has 0 radical (unpaired) electrons. The first-order chi connectivity index (χ1) is 15.1. The van der Waals surface area contributed by atoms with Crippen LogP contribution in [0.1, 0.15) is 23.1 Å². The highest BCUT2D eigenvalue weighted by Gasteiger charge is 2.20. The van der Waals surface area contributed by atoms with E-state index in [0.29, 0.717) is 13.0 Å².